The summed E-state index contributed by atoms with van der Waals surface area (Å²) in [5.74, 6) is 0.369. The Kier molecular flexibility index (Phi) is 4.92. The highest BCUT2D eigenvalue weighted by Crippen LogP contribution is 2.30. The number of fused-ring (bicyclic) bond motifs is 1. The van der Waals surface area contributed by atoms with Gasteiger partial charge >= 0.3 is 0 Å². The lowest BCUT2D eigenvalue weighted by atomic mass is 9.98. The Labute approximate surface area is 146 Å². The van der Waals surface area contributed by atoms with E-state index in [0.717, 1.165) is 16.3 Å². The number of Topliss-reactive ketones (excluding diaryl/α,β-unsaturated/α-hetero) is 1. The highest BCUT2D eigenvalue weighted by atomic mass is 16.5. The third-order valence-electron chi connectivity index (χ3n) is 3.92. The first-order chi connectivity index (χ1) is 12.2. The second kappa shape index (κ2) is 7.46. The van der Waals surface area contributed by atoms with Gasteiger partial charge in [-0.05, 0) is 29.8 Å². The SMILES string of the molecule is CCOc1ccc2ccccc2c1/C=C(\C#N)C(=O)c1ccccc1. The number of hydrogen-bond donors (Lipinski definition) is 0. The molecule has 0 saturated heterocycles. The molecule has 3 aromatic carbocycles. The molecular weight excluding hydrogens is 310 g/mol. The van der Waals surface area contributed by atoms with E-state index in [1.165, 1.54) is 0 Å². The van der Waals surface area contributed by atoms with Crippen molar-refractivity contribution in [1.29, 1.82) is 5.26 Å². The number of ketones is 1. The van der Waals surface area contributed by atoms with E-state index in [1.54, 1.807) is 30.3 Å². The van der Waals surface area contributed by atoms with Gasteiger partial charge in [0, 0.05) is 11.1 Å². The summed E-state index contributed by atoms with van der Waals surface area (Å²) < 4.78 is 5.71. The summed E-state index contributed by atoms with van der Waals surface area (Å²) >= 11 is 0. The standard InChI is InChI=1S/C22H17NO2/c1-2-25-21-13-12-16-8-6-7-11-19(16)20(21)14-18(15-23)22(24)17-9-4-3-5-10-17/h3-14H,2H2,1H3/b18-14+. The average Bonchev–Trinajstić information content (AvgIpc) is 2.67. The first kappa shape index (κ1) is 16.5. The largest absolute Gasteiger partial charge is 0.493 e. The van der Waals surface area contributed by atoms with E-state index in [2.05, 4.69) is 0 Å². The van der Waals surface area contributed by atoms with Crippen LogP contribution in [0.15, 0.2) is 72.3 Å². The molecule has 0 heterocycles. The van der Waals surface area contributed by atoms with Crippen LogP contribution in [0.2, 0.25) is 0 Å². The second-order valence-electron chi connectivity index (χ2n) is 5.50. The summed E-state index contributed by atoms with van der Waals surface area (Å²) in [6.07, 6.45) is 1.63. The summed E-state index contributed by atoms with van der Waals surface area (Å²) in [7, 11) is 0. The highest BCUT2D eigenvalue weighted by Gasteiger charge is 2.14. The maximum Gasteiger partial charge on any atom is 0.203 e. The van der Waals surface area contributed by atoms with Crippen molar-refractivity contribution in [1.82, 2.24) is 0 Å². The molecule has 0 amide bonds. The smallest absolute Gasteiger partial charge is 0.203 e. The van der Waals surface area contributed by atoms with Gasteiger partial charge in [-0.3, -0.25) is 4.79 Å². The van der Waals surface area contributed by atoms with E-state index in [-0.39, 0.29) is 11.4 Å². The molecule has 0 atom stereocenters. The number of ether oxygens (including phenoxy) is 1. The topological polar surface area (TPSA) is 50.1 Å². The predicted octanol–water partition coefficient (Wildman–Crippen LogP) is 5.03. The first-order valence-corrected chi connectivity index (χ1v) is 8.10. The molecule has 0 N–H and O–H groups in total. The highest BCUT2D eigenvalue weighted by molar-refractivity contribution is 6.15. The molecule has 0 aliphatic heterocycles. The normalized spacial score (nSPS) is 11.1. The van der Waals surface area contributed by atoms with Gasteiger partial charge in [-0.25, -0.2) is 0 Å². The van der Waals surface area contributed by atoms with Crippen molar-refractivity contribution in [3.8, 4) is 11.8 Å². The van der Waals surface area contributed by atoms with E-state index in [9.17, 15) is 10.1 Å². The van der Waals surface area contributed by atoms with Crippen LogP contribution in [0, 0.1) is 11.3 Å². The van der Waals surface area contributed by atoms with Crippen LogP contribution in [0.5, 0.6) is 5.75 Å². The van der Waals surface area contributed by atoms with Crippen molar-refractivity contribution in [3.05, 3.63) is 83.4 Å². The van der Waals surface area contributed by atoms with E-state index in [0.29, 0.717) is 17.9 Å². The predicted molar refractivity (Wildman–Crippen MR) is 99.5 cm³/mol. The third kappa shape index (κ3) is 3.44. The Hall–Kier alpha value is -3.38. The van der Waals surface area contributed by atoms with Crippen LogP contribution in [0.25, 0.3) is 16.8 Å². The summed E-state index contributed by atoms with van der Waals surface area (Å²) in [6, 6.07) is 22.6. The minimum Gasteiger partial charge on any atom is -0.493 e. The lowest BCUT2D eigenvalue weighted by Gasteiger charge is -2.11. The van der Waals surface area contributed by atoms with Crippen LogP contribution in [-0.2, 0) is 0 Å². The van der Waals surface area contributed by atoms with Crippen molar-refractivity contribution in [2.45, 2.75) is 6.92 Å². The van der Waals surface area contributed by atoms with Gasteiger partial charge in [0.1, 0.15) is 17.4 Å². The molecule has 3 rings (SSSR count). The van der Waals surface area contributed by atoms with Gasteiger partial charge < -0.3 is 4.74 Å². The first-order valence-electron chi connectivity index (χ1n) is 8.10. The Morgan fingerprint density at radius 1 is 1.04 bits per heavy atom. The monoisotopic (exact) mass is 327 g/mol. The summed E-state index contributed by atoms with van der Waals surface area (Å²) in [5, 5.41) is 11.5. The van der Waals surface area contributed by atoms with Gasteiger partial charge in [-0.1, -0.05) is 60.7 Å². The molecular formula is C22H17NO2. The van der Waals surface area contributed by atoms with Crippen molar-refractivity contribution < 1.29 is 9.53 Å². The number of carbonyl (C=O) groups excluding carboxylic acids is 1. The summed E-state index contributed by atoms with van der Waals surface area (Å²) in [5.41, 5.74) is 1.33. The maximum absolute atomic E-state index is 12.7. The van der Waals surface area contributed by atoms with Crippen molar-refractivity contribution in [2.24, 2.45) is 0 Å². The molecule has 0 aliphatic carbocycles. The lowest BCUT2D eigenvalue weighted by Crippen LogP contribution is -2.02. The number of hydrogen-bond acceptors (Lipinski definition) is 3. The molecule has 3 heteroatoms. The minimum absolute atomic E-state index is 0.0866. The quantitative estimate of drug-likeness (QED) is 0.375. The number of allylic oxidation sites excluding steroid dienone is 1. The fourth-order valence-electron chi connectivity index (χ4n) is 2.74. The second-order valence-corrected chi connectivity index (χ2v) is 5.50. The molecule has 0 saturated carbocycles. The summed E-state index contributed by atoms with van der Waals surface area (Å²) in [6.45, 7) is 2.41. The van der Waals surface area contributed by atoms with Gasteiger partial charge in [-0.2, -0.15) is 5.26 Å². The van der Waals surface area contributed by atoms with E-state index in [1.807, 2.05) is 55.5 Å². The van der Waals surface area contributed by atoms with E-state index in [4.69, 9.17) is 4.74 Å². The third-order valence-corrected chi connectivity index (χ3v) is 3.92. The van der Waals surface area contributed by atoms with Gasteiger partial charge in [0.15, 0.2) is 0 Å². The van der Waals surface area contributed by atoms with Gasteiger partial charge in [0.25, 0.3) is 0 Å². The van der Waals surface area contributed by atoms with Crippen molar-refractivity contribution >= 4 is 22.6 Å². The number of benzene rings is 3. The Balaban J connectivity index is 2.16. The Bertz CT molecular complexity index is 982. The maximum atomic E-state index is 12.7. The van der Waals surface area contributed by atoms with Crippen LogP contribution >= 0.6 is 0 Å². The molecule has 3 nitrogen and oxygen atoms in total. The fraction of sp³-hybridized carbons (Fsp3) is 0.0909. The molecule has 0 aromatic heterocycles. The summed E-state index contributed by atoms with van der Waals surface area (Å²) in [4.78, 5) is 12.7. The van der Waals surface area contributed by atoms with Crippen LogP contribution in [0.4, 0.5) is 0 Å². The van der Waals surface area contributed by atoms with Crippen LogP contribution in [0.1, 0.15) is 22.8 Å². The van der Waals surface area contributed by atoms with Crippen LogP contribution < -0.4 is 4.74 Å². The van der Waals surface area contributed by atoms with E-state index >= 15 is 0 Å². The number of rotatable bonds is 5. The molecule has 0 bridgehead atoms. The van der Waals surface area contributed by atoms with Gasteiger partial charge in [-0.15, -0.1) is 0 Å². The zero-order valence-corrected chi connectivity index (χ0v) is 13.9. The molecule has 122 valence electrons. The lowest BCUT2D eigenvalue weighted by molar-refractivity contribution is 0.104. The fourth-order valence-corrected chi connectivity index (χ4v) is 2.74. The molecule has 0 fully saturated rings. The Morgan fingerprint density at radius 3 is 2.48 bits per heavy atom. The molecule has 0 unspecified atom stereocenters. The van der Waals surface area contributed by atoms with Crippen molar-refractivity contribution in [3.63, 3.8) is 0 Å². The van der Waals surface area contributed by atoms with Gasteiger partial charge in [0.05, 0.1) is 6.61 Å². The molecule has 0 radical (unpaired) electrons. The Morgan fingerprint density at radius 2 is 1.76 bits per heavy atom. The average molecular weight is 327 g/mol. The van der Waals surface area contributed by atoms with Crippen LogP contribution in [-0.4, -0.2) is 12.4 Å². The zero-order chi connectivity index (χ0) is 17.6. The van der Waals surface area contributed by atoms with Gasteiger partial charge in [0.2, 0.25) is 5.78 Å². The molecule has 3 aromatic rings. The van der Waals surface area contributed by atoms with Crippen molar-refractivity contribution in [2.75, 3.05) is 6.61 Å². The minimum atomic E-state index is -0.293. The number of nitriles is 1. The van der Waals surface area contributed by atoms with E-state index < -0.39 is 0 Å². The molecule has 0 spiro atoms. The number of nitrogens with zero attached hydrogens (tertiary/aromatic N) is 1. The molecule has 0 aliphatic rings. The number of carbonyl (C=O) groups is 1. The molecule has 25 heavy (non-hydrogen) atoms. The van der Waals surface area contributed by atoms with Crippen LogP contribution in [0.3, 0.4) is 0 Å². The zero-order valence-electron chi connectivity index (χ0n) is 13.9.